The number of halogens is 2. The normalized spacial score (nSPS) is 18.5. The molecule has 1 aliphatic rings. The standard InChI is InChI=1S/C14H13Cl2N3O3/c1-8-17-13(18-22-8)12-7-21-5-4-19(12)14(20)9-2-3-10(15)11(16)6-9/h2-3,6,12H,4-5,7H2,1H3. The Morgan fingerprint density at radius 3 is 2.86 bits per heavy atom. The lowest BCUT2D eigenvalue weighted by molar-refractivity contribution is -0.00576. The zero-order valence-corrected chi connectivity index (χ0v) is 13.3. The van der Waals surface area contributed by atoms with E-state index in [1.54, 1.807) is 30.0 Å². The van der Waals surface area contributed by atoms with Crippen molar-refractivity contribution in [3.05, 3.63) is 45.5 Å². The summed E-state index contributed by atoms with van der Waals surface area (Å²) in [6.07, 6.45) is 0. The van der Waals surface area contributed by atoms with Crippen molar-refractivity contribution >= 4 is 29.1 Å². The molecule has 3 rings (SSSR count). The van der Waals surface area contributed by atoms with Gasteiger partial charge in [0.15, 0.2) is 5.82 Å². The van der Waals surface area contributed by atoms with Crippen LogP contribution < -0.4 is 0 Å². The molecule has 1 atom stereocenters. The van der Waals surface area contributed by atoms with Crippen LogP contribution in [0.15, 0.2) is 22.7 Å². The van der Waals surface area contributed by atoms with Crippen LogP contribution in [-0.2, 0) is 4.74 Å². The zero-order valence-electron chi connectivity index (χ0n) is 11.8. The Hall–Kier alpha value is -1.63. The van der Waals surface area contributed by atoms with E-state index in [2.05, 4.69) is 10.1 Å². The number of aromatic nitrogens is 2. The third-order valence-corrected chi connectivity index (χ3v) is 4.14. The minimum absolute atomic E-state index is 0.172. The number of hydrogen-bond donors (Lipinski definition) is 0. The molecule has 116 valence electrons. The third kappa shape index (κ3) is 2.95. The maximum atomic E-state index is 12.7. The molecule has 1 saturated heterocycles. The van der Waals surface area contributed by atoms with Gasteiger partial charge < -0.3 is 14.2 Å². The molecule has 1 unspecified atom stereocenters. The first-order valence-corrected chi connectivity index (χ1v) is 7.46. The highest BCUT2D eigenvalue weighted by Crippen LogP contribution is 2.27. The highest BCUT2D eigenvalue weighted by Gasteiger charge is 2.32. The number of hydrogen-bond acceptors (Lipinski definition) is 5. The number of amides is 1. The Morgan fingerprint density at radius 1 is 1.36 bits per heavy atom. The molecular formula is C14H13Cl2N3O3. The minimum atomic E-state index is -0.381. The van der Waals surface area contributed by atoms with Crippen molar-refractivity contribution in [2.24, 2.45) is 0 Å². The molecule has 6 nitrogen and oxygen atoms in total. The first-order valence-electron chi connectivity index (χ1n) is 6.70. The Balaban J connectivity index is 1.89. The van der Waals surface area contributed by atoms with E-state index in [-0.39, 0.29) is 11.9 Å². The third-order valence-electron chi connectivity index (χ3n) is 3.40. The minimum Gasteiger partial charge on any atom is -0.377 e. The molecule has 1 fully saturated rings. The van der Waals surface area contributed by atoms with Crippen LogP contribution in [0.3, 0.4) is 0 Å². The number of carbonyl (C=O) groups excluding carboxylic acids is 1. The molecule has 2 heterocycles. The number of ether oxygens (including phenoxy) is 1. The second-order valence-corrected chi connectivity index (χ2v) is 5.70. The van der Waals surface area contributed by atoms with E-state index in [1.807, 2.05) is 0 Å². The van der Waals surface area contributed by atoms with Gasteiger partial charge in [-0.25, -0.2) is 0 Å². The van der Waals surface area contributed by atoms with Gasteiger partial charge in [0, 0.05) is 19.0 Å². The summed E-state index contributed by atoms with van der Waals surface area (Å²) >= 11 is 11.9. The van der Waals surface area contributed by atoms with Gasteiger partial charge in [0.1, 0.15) is 6.04 Å². The van der Waals surface area contributed by atoms with Gasteiger partial charge in [-0.15, -0.1) is 0 Å². The van der Waals surface area contributed by atoms with Gasteiger partial charge in [0.2, 0.25) is 5.89 Å². The van der Waals surface area contributed by atoms with Crippen molar-refractivity contribution in [2.45, 2.75) is 13.0 Å². The maximum absolute atomic E-state index is 12.7. The van der Waals surface area contributed by atoms with Crippen LogP contribution in [0.5, 0.6) is 0 Å². The summed E-state index contributed by atoms with van der Waals surface area (Å²) < 4.78 is 10.4. The summed E-state index contributed by atoms with van der Waals surface area (Å²) in [5.74, 6) is 0.711. The summed E-state index contributed by atoms with van der Waals surface area (Å²) in [4.78, 5) is 18.6. The molecule has 0 spiro atoms. The van der Waals surface area contributed by atoms with Crippen molar-refractivity contribution < 1.29 is 14.1 Å². The van der Waals surface area contributed by atoms with Crippen LogP contribution in [0.25, 0.3) is 0 Å². The zero-order chi connectivity index (χ0) is 15.7. The first kappa shape index (κ1) is 15.3. The van der Waals surface area contributed by atoms with Crippen molar-refractivity contribution in [3.63, 3.8) is 0 Å². The Morgan fingerprint density at radius 2 is 2.18 bits per heavy atom. The molecule has 0 radical (unpaired) electrons. The van der Waals surface area contributed by atoms with E-state index in [9.17, 15) is 4.79 Å². The van der Waals surface area contributed by atoms with Crippen LogP contribution in [0.4, 0.5) is 0 Å². The number of benzene rings is 1. The van der Waals surface area contributed by atoms with Gasteiger partial charge in [-0.1, -0.05) is 28.4 Å². The average molecular weight is 342 g/mol. The lowest BCUT2D eigenvalue weighted by Crippen LogP contribution is -2.43. The predicted molar refractivity (Wildman–Crippen MR) is 80.1 cm³/mol. The van der Waals surface area contributed by atoms with E-state index in [1.165, 1.54) is 0 Å². The lowest BCUT2D eigenvalue weighted by Gasteiger charge is -2.33. The fourth-order valence-corrected chi connectivity index (χ4v) is 2.60. The van der Waals surface area contributed by atoms with E-state index in [4.69, 9.17) is 32.5 Å². The van der Waals surface area contributed by atoms with Crippen LogP contribution in [0, 0.1) is 6.92 Å². The summed E-state index contributed by atoms with van der Waals surface area (Å²) in [7, 11) is 0. The maximum Gasteiger partial charge on any atom is 0.254 e. The van der Waals surface area contributed by atoms with E-state index in [0.717, 1.165) is 0 Å². The molecule has 1 amide bonds. The first-order chi connectivity index (χ1) is 10.6. The van der Waals surface area contributed by atoms with Gasteiger partial charge in [-0.2, -0.15) is 4.98 Å². The topological polar surface area (TPSA) is 68.5 Å². The summed E-state index contributed by atoms with van der Waals surface area (Å²) in [6.45, 7) is 2.93. The number of morpholine rings is 1. The van der Waals surface area contributed by atoms with Gasteiger partial charge in [-0.3, -0.25) is 4.79 Å². The monoisotopic (exact) mass is 341 g/mol. The van der Waals surface area contributed by atoms with Gasteiger partial charge in [-0.05, 0) is 18.2 Å². The average Bonchev–Trinajstić information content (AvgIpc) is 2.96. The van der Waals surface area contributed by atoms with Gasteiger partial charge >= 0.3 is 0 Å². The van der Waals surface area contributed by atoms with Crippen LogP contribution >= 0.6 is 23.2 Å². The fraction of sp³-hybridized carbons (Fsp3) is 0.357. The summed E-state index contributed by atoms with van der Waals surface area (Å²) in [5, 5.41) is 4.64. The summed E-state index contributed by atoms with van der Waals surface area (Å²) in [5.41, 5.74) is 0.460. The van der Waals surface area contributed by atoms with Crippen molar-refractivity contribution in [2.75, 3.05) is 19.8 Å². The van der Waals surface area contributed by atoms with Crippen LogP contribution in [-0.4, -0.2) is 40.7 Å². The molecule has 2 aromatic rings. The smallest absolute Gasteiger partial charge is 0.254 e. The molecule has 0 saturated carbocycles. The molecule has 1 aromatic heterocycles. The number of aryl methyl sites for hydroxylation is 1. The SMILES string of the molecule is Cc1nc(C2COCCN2C(=O)c2ccc(Cl)c(Cl)c2)no1. The molecular weight excluding hydrogens is 329 g/mol. The van der Waals surface area contributed by atoms with Crippen molar-refractivity contribution in [1.29, 1.82) is 0 Å². The molecule has 8 heteroatoms. The van der Waals surface area contributed by atoms with Crippen molar-refractivity contribution in [1.82, 2.24) is 15.0 Å². The number of nitrogens with zero attached hydrogens (tertiary/aromatic N) is 3. The highest BCUT2D eigenvalue weighted by atomic mass is 35.5. The molecule has 0 aliphatic carbocycles. The Kier molecular flexibility index (Phi) is 4.33. The number of carbonyl (C=O) groups is 1. The fourth-order valence-electron chi connectivity index (χ4n) is 2.31. The molecule has 22 heavy (non-hydrogen) atoms. The quantitative estimate of drug-likeness (QED) is 0.839. The predicted octanol–water partition coefficient (Wildman–Crippen LogP) is 2.90. The Bertz CT molecular complexity index is 704. The molecule has 1 aromatic carbocycles. The second kappa shape index (κ2) is 6.24. The van der Waals surface area contributed by atoms with E-state index < -0.39 is 0 Å². The van der Waals surface area contributed by atoms with Crippen LogP contribution in [0.2, 0.25) is 10.0 Å². The number of rotatable bonds is 2. The highest BCUT2D eigenvalue weighted by molar-refractivity contribution is 6.42. The van der Waals surface area contributed by atoms with E-state index >= 15 is 0 Å². The second-order valence-electron chi connectivity index (χ2n) is 4.89. The Labute approximate surface area is 136 Å². The largest absolute Gasteiger partial charge is 0.377 e. The van der Waals surface area contributed by atoms with Crippen LogP contribution in [0.1, 0.15) is 28.1 Å². The molecule has 0 N–H and O–H groups in total. The molecule has 0 bridgehead atoms. The van der Waals surface area contributed by atoms with E-state index in [0.29, 0.717) is 47.1 Å². The van der Waals surface area contributed by atoms with Crippen molar-refractivity contribution in [3.8, 4) is 0 Å². The lowest BCUT2D eigenvalue weighted by atomic mass is 10.1. The molecule has 1 aliphatic heterocycles. The van der Waals surface area contributed by atoms with Gasteiger partial charge in [0.25, 0.3) is 5.91 Å². The summed E-state index contributed by atoms with van der Waals surface area (Å²) in [6, 6.07) is 4.42. The van der Waals surface area contributed by atoms with Gasteiger partial charge in [0.05, 0.1) is 23.3 Å².